The van der Waals surface area contributed by atoms with Crippen molar-refractivity contribution in [3.05, 3.63) is 0 Å². The van der Waals surface area contributed by atoms with Gasteiger partial charge in [0.05, 0.1) is 0 Å². The molecule has 1 saturated heterocycles. The Morgan fingerprint density at radius 2 is 1.45 bits per heavy atom. The molecular formula is C6H10O4S. The van der Waals surface area contributed by atoms with Gasteiger partial charge in [-0.3, -0.25) is 0 Å². The first-order valence-electron chi connectivity index (χ1n) is 3.79. The van der Waals surface area contributed by atoms with Gasteiger partial charge in [-0.05, 0) is 12.8 Å². The molecule has 2 rings (SSSR count). The van der Waals surface area contributed by atoms with Gasteiger partial charge in [0.25, 0.3) is 0 Å². The fourth-order valence-corrected chi connectivity index (χ4v) is 2.70. The zero-order valence-corrected chi connectivity index (χ0v) is 6.84. The molecule has 0 radical (unpaired) electrons. The van der Waals surface area contributed by atoms with E-state index in [1.165, 1.54) is 0 Å². The maximum absolute atomic E-state index is 10.8. The molecule has 1 aliphatic heterocycles. The molecule has 64 valence electrons. The highest BCUT2D eigenvalue weighted by molar-refractivity contribution is 7.82. The highest BCUT2D eigenvalue weighted by atomic mass is 32.3. The topological polar surface area (TPSA) is 52.6 Å². The number of fused-ring (bicyclic) bond motifs is 1. The maximum atomic E-state index is 10.8. The quantitative estimate of drug-likeness (QED) is 0.544. The molecule has 2 atom stereocenters. The van der Waals surface area contributed by atoms with Crippen LogP contribution in [0.3, 0.4) is 0 Å². The van der Waals surface area contributed by atoms with Crippen molar-refractivity contribution in [1.82, 2.24) is 0 Å². The average Bonchev–Trinajstić information content (AvgIpc) is 2.21. The van der Waals surface area contributed by atoms with Crippen molar-refractivity contribution in [3.63, 3.8) is 0 Å². The lowest BCUT2D eigenvalue weighted by atomic mass is 9.95. The Morgan fingerprint density at radius 1 is 1.00 bits per heavy atom. The zero-order chi connectivity index (χ0) is 7.90. The minimum atomic E-state index is -3.63. The monoisotopic (exact) mass is 178 g/mol. The first-order valence-corrected chi connectivity index (χ1v) is 5.12. The van der Waals surface area contributed by atoms with Crippen LogP contribution in [0.5, 0.6) is 0 Å². The number of hydrogen-bond acceptors (Lipinski definition) is 4. The summed E-state index contributed by atoms with van der Waals surface area (Å²) in [6, 6.07) is 0. The van der Waals surface area contributed by atoms with Crippen molar-refractivity contribution < 1.29 is 16.8 Å². The van der Waals surface area contributed by atoms with Crippen LogP contribution in [0.25, 0.3) is 0 Å². The van der Waals surface area contributed by atoms with Crippen molar-refractivity contribution in [2.75, 3.05) is 0 Å². The molecule has 0 amide bonds. The summed E-state index contributed by atoms with van der Waals surface area (Å²) in [4.78, 5) is 0. The Kier molecular flexibility index (Phi) is 1.66. The molecule has 5 heteroatoms. The Balaban J connectivity index is 2.15. The van der Waals surface area contributed by atoms with Gasteiger partial charge in [0.1, 0.15) is 12.2 Å². The molecule has 11 heavy (non-hydrogen) atoms. The van der Waals surface area contributed by atoms with Crippen LogP contribution in [-0.2, 0) is 18.8 Å². The van der Waals surface area contributed by atoms with Crippen LogP contribution < -0.4 is 0 Å². The van der Waals surface area contributed by atoms with Gasteiger partial charge >= 0.3 is 10.4 Å². The largest absolute Gasteiger partial charge is 0.400 e. The van der Waals surface area contributed by atoms with Crippen LogP contribution in [0.1, 0.15) is 25.7 Å². The third-order valence-electron chi connectivity index (χ3n) is 2.12. The number of rotatable bonds is 0. The minimum absolute atomic E-state index is 0.200. The van der Waals surface area contributed by atoms with E-state index in [2.05, 4.69) is 0 Å². The molecule has 4 nitrogen and oxygen atoms in total. The van der Waals surface area contributed by atoms with E-state index in [0.717, 1.165) is 25.7 Å². The van der Waals surface area contributed by atoms with Gasteiger partial charge in [-0.25, -0.2) is 8.37 Å². The summed E-state index contributed by atoms with van der Waals surface area (Å²) < 4.78 is 30.9. The van der Waals surface area contributed by atoms with Gasteiger partial charge in [-0.1, -0.05) is 12.8 Å². The van der Waals surface area contributed by atoms with Crippen LogP contribution in [0.4, 0.5) is 0 Å². The van der Waals surface area contributed by atoms with Gasteiger partial charge in [0.2, 0.25) is 0 Å². The lowest BCUT2D eigenvalue weighted by Gasteiger charge is -2.19. The summed E-state index contributed by atoms with van der Waals surface area (Å²) in [6.45, 7) is 0. The molecular weight excluding hydrogens is 168 g/mol. The van der Waals surface area contributed by atoms with Crippen LogP contribution >= 0.6 is 0 Å². The van der Waals surface area contributed by atoms with Crippen molar-refractivity contribution >= 4 is 10.4 Å². The van der Waals surface area contributed by atoms with E-state index in [0.29, 0.717) is 0 Å². The molecule has 0 aromatic carbocycles. The maximum Gasteiger partial charge on any atom is 0.400 e. The molecule has 0 N–H and O–H groups in total. The first kappa shape index (κ1) is 7.52. The molecule has 0 aromatic rings. The molecule has 0 unspecified atom stereocenters. The summed E-state index contributed by atoms with van der Waals surface area (Å²) in [6.07, 6.45) is 3.30. The standard InChI is InChI=1S/C6H10O4S/c7-11(8)9-5-3-1-2-4-6(5)10-11/h5-6H,1-4H2/t5-,6-/m0/s1. The van der Waals surface area contributed by atoms with Gasteiger partial charge in [-0.2, -0.15) is 8.42 Å². The van der Waals surface area contributed by atoms with Crippen LogP contribution in [-0.4, -0.2) is 20.6 Å². The normalized spacial score (nSPS) is 41.8. The Morgan fingerprint density at radius 3 is 1.91 bits per heavy atom. The highest BCUT2D eigenvalue weighted by Gasteiger charge is 2.41. The van der Waals surface area contributed by atoms with Crippen molar-refractivity contribution in [3.8, 4) is 0 Å². The highest BCUT2D eigenvalue weighted by Crippen LogP contribution is 2.31. The van der Waals surface area contributed by atoms with Crippen LogP contribution in [0, 0.1) is 0 Å². The molecule has 1 aliphatic carbocycles. The van der Waals surface area contributed by atoms with Gasteiger partial charge in [0, 0.05) is 0 Å². The third-order valence-corrected chi connectivity index (χ3v) is 3.09. The number of hydrogen-bond donors (Lipinski definition) is 0. The predicted octanol–water partition coefficient (Wildman–Crippen LogP) is 0.589. The third kappa shape index (κ3) is 1.40. The Labute approximate surface area is 65.8 Å². The lowest BCUT2D eigenvalue weighted by molar-refractivity contribution is 0.110. The fraction of sp³-hybridized carbons (Fsp3) is 1.00. The Bertz CT molecular complexity index is 225. The molecule has 0 spiro atoms. The second-order valence-electron chi connectivity index (χ2n) is 2.96. The van der Waals surface area contributed by atoms with E-state index in [1.54, 1.807) is 0 Å². The van der Waals surface area contributed by atoms with Crippen molar-refractivity contribution in [1.29, 1.82) is 0 Å². The van der Waals surface area contributed by atoms with Crippen LogP contribution in [0.2, 0.25) is 0 Å². The van der Waals surface area contributed by atoms with E-state index >= 15 is 0 Å². The summed E-state index contributed by atoms with van der Waals surface area (Å²) >= 11 is 0. The average molecular weight is 178 g/mol. The molecule has 2 aliphatic rings. The molecule has 1 saturated carbocycles. The minimum Gasteiger partial charge on any atom is -0.242 e. The SMILES string of the molecule is O=S1(=O)O[C@H]2CCCC[C@@H]2O1. The van der Waals surface area contributed by atoms with E-state index in [1.807, 2.05) is 0 Å². The summed E-state index contributed by atoms with van der Waals surface area (Å²) in [7, 11) is -3.63. The first-order chi connectivity index (χ1) is 5.17. The fourth-order valence-electron chi connectivity index (χ4n) is 1.61. The zero-order valence-electron chi connectivity index (χ0n) is 6.02. The van der Waals surface area contributed by atoms with Gasteiger partial charge < -0.3 is 0 Å². The molecule has 0 bridgehead atoms. The van der Waals surface area contributed by atoms with Gasteiger partial charge in [-0.15, -0.1) is 0 Å². The summed E-state index contributed by atoms with van der Waals surface area (Å²) in [5, 5.41) is 0. The smallest absolute Gasteiger partial charge is 0.242 e. The van der Waals surface area contributed by atoms with Crippen molar-refractivity contribution in [2.24, 2.45) is 0 Å². The van der Waals surface area contributed by atoms with E-state index in [-0.39, 0.29) is 12.2 Å². The van der Waals surface area contributed by atoms with E-state index < -0.39 is 10.4 Å². The lowest BCUT2D eigenvalue weighted by Crippen LogP contribution is -2.25. The van der Waals surface area contributed by atoms with E-state index in [4.69, 9.17) is 8.37 Å². The molecule has 1 heterocycles. The van der Waals surface area contributed by atoms with E-state index in [9.17, 15) is 8.42 Å². The molecule has 2 fully saturated rings. The second kappa shape index (κ2) is 2.43. The predicted molar refractivity (Wildman–Crippen MR) is 37.1 cm³/mol. The summed E-state index contributed by atoms with van der Waals surface area (Å²) in [5.74, 6) is 0. The van der Waals surface area contributed by atoms with Gasteiger partial charge in [0.15, 0.2) is 0 Å². The second-order valence-corrected chi connectivity index (χ2v) is 4.16. The Hall–Kier alpha value is -0.130. The van der Waals surface area contributed by atoms with Crippen LogP contribution in [0.15, 0.2) is 0 Å². The molecule has 0 aromatic heterocycles. The summed E-state index contributed by atoms with van der Waals surface area (Å²) in [5.41, 5.74) is 0. The van der Waals surface area contributed by atoms with Crippen molar-refractivity contribution in [2.45, 2.75) is 37.9 Å².